The van der Waals surface area contributed by atoms with Gasteiger partial charge < -0.3 is 0 Å². The average molecular weight is 1630 g/mol. The molecule has 0 saturated heterocycles. The van der Waals surface area contributed by atoms with Gasteiger partial charge in [0.25, 0.3) is 5.79 Å². The van der Waals surface area contributed by atoms with E-state index in [1.807, 2.05) is 0 Å². The minimum Gasteiger partial charge on any atom is -0.253 e. The Kier molecular flexibility index (Phi) is 15.8. The molecule has 1 unspecified atom stereocenters. The van der Waals surface area contributed by atoms with E-state index in [2.05, 4.69) is 0 Å². The van der Waals surface area contributed by atoms with Crippen LogP contribution in [0.4, 0.5) is 171 Å². The maximum Gasteiger partial charge on any atom is 0.380 e. The Hall–Kier alpha value is -11.5. The first kappa shape index (κ1) is 74.5. The topological polar surface area (TPSA) is 16.6 Å². The molecule has 0 fully saturated rings. The van der Waals surface area contributed by atoms with Crippen LogP contribution in [0.5, 0.6) is 0 Å². The summed E-state index contributed by atoms with van der Waals surface area (Å²) in [5.74, 6) is -131. The summed E-state index contributed by atoms with van der Waals surface area (Å²) >= 11 is 0. The molecule has 0 aromatic heterocycles. The highest BCUT2D eigenvalue weighted by Gasteiger charge is 2.53. The Morgan fingerprint density at radius 2 is 0.339 bits per heavy atom. The van der Waals surface area contributed by atoms with Gasteiger partial charge in [-0.3, -0.25) is 5.32 Å². The van der Waals surface area contributed by atoms with Gasteiger partial charge in [0.1, 0.15) is 29.4 Å². The lowest BCUT2D eigenvalue weighted by atomic mass is 9.11. The van der Waals surface area contributed by atoms with Crippen molar-refractivity contribution in [1.82, 2.24) is 0 Å². The average Bonchev–Trinajstić information content (AvgIpc) is 0.647. The number of hydrogen-bond donors (Lipinski definition) is 1. The second-order valence-corrected chi connectivity index (χ2v) is 25.2. The van der Waals surface area contributed by atoms with Gasteiger partial charge in [0.05, 0.1) is 71.1 Å². The summed E-state index contributed by atoms with van der Waals surface area (Å²) in [4.78, 5) is 0. The summed E-state index contributed by atoms with van der Waals surface area (Å²) in [6, 6.07) is 0. The second-order valence-electron chi connectivity index (χ2n) is 25.2. The van der Waals surface area contributed by atoms with Gasteiger partial charge in [0.15, 0.2) is 186 Å². The van der Waals surface area contributed by atoms with Crippen LogP contribution in [-0.4, -0.2) is 18.5 Å². The van der Waals surface area contributed by atoms with Crippen molar-refractivity contribution in [2.45, 2.75) is 18.8 Å². The van der Waals surface area contributed by atoms with Crippen molar-refractivity contribution in [1.29, 1.82) is 0 Å². The van der Waals surface area contributed by atoms with E-state index in [1.54, 1.807) is 6.08 Å². The van der Waals surface area contributed by atoms with Crippen molar-refractivity contribution in [3.63, 3.8) is 0 Å². The van der Waals surface area contributed by atoms with Crippen molar-refractivity contribution in [2.75, 3.05) is 0 Å². The summed E-state index contributed by atoms with van der Waals surface area (Å²) < 4.78 is 657. The number of halogens is 39. The molecule has 0 amide bonds. The number of quaternary nitrogens is 1. The van der Waals surface area contributed by atoms with Gasteiger partial charge in [-0.1, -0.05) is 18.2 Å². The second kappa shape index (κ2) is 23.8. The zero-order chi connectivity index (χ0) is 81.8. The molecule has 2 N–H and O–H groups in total. The highest BCUT2D eigenvalue weighted by Crippen LogP contribution is 2.53. The van der Waals surface area contributed by atoms with Crippen LogP contribution >= 0.6 is 0 Å². The number of rotatable bonds is 6. The molecule has 0 spiro atoms. The Balaban J connectivity index is 0.000000796. The molecule has 16 aromatic carbocycles. The molecule has 0 heterocycles. The van der Waals surface area contributed by atoms with Crippen LogP contribution in [0.2, 0.25) is 0 Å². The Bertz CT molecular complexity index is 6340. The zero-order valence-corrected chi connectivity index (χ0v) is 52.0. The molecule has 0 saturated carbocycles. The third-order valence-corrected chi connectivity index (χ3v) is 20.2. The number of allylic oxidation sites excluding steroid dienone is 2. The van der Waals surface area contributed by atoms with E-state index in [1.165, 1.54) is 12.2 Å². The Labute approximate surface area is 585 Å². The van der Waals surface area contributed by atoms with Crippen molar-refractivity contribution in [2.24, 2.45) is 0 Å². The fourth-order valence-corrected chi connectivity index (χ4v) is 16.0. The molecule has 574 valence electrons. The van der Waals surface area contributed by atoms with Crippen LogP contribution < -0.4 is 27.2 Å². The van der Waals surface area contributed by atoms with Crippen molar-refractivity contribution < 1.29 is 177 Å². The van der Waals surface area contributed by atoms with Crippen molar-refractivity contribution in [3.05, 3.63) is 234 Å². The Morgan fingerprint density at radius 1 is 0.196 bits per heavy atom. The minimum atomic E-state index is -8.50. The van der Waals surface area contributed by atoms with Crippen LogP contribution in [0.1, 0.15) is 6.42 Å². The number of benzene rings is 16. The molecule has 1 nitrogen and oxygen atoms in total. The molecule has 16 aromatic rings. The van der Waals surface area contributed by atoms with Gasteiger partial charge in [-0.15, -0.1) is 21.9 Å². The standard InChI is InChI=1S/C64BF36.C7H8F3N/c66-29-9-1-5-17(33(29)70)49(86)61(98)53(90)21(5)41(78)37(74)13(1)45(82)57(94)25(9)65(26-10-2-6-18(34(71)30(10)67)50(87)62(99)54(91)22(6)42(79)38(75)14(2)46(83)58(26)95,27-11-3-7-19(35(72)31(11)68)51(88)63(100)55(92)23(7)43(80)39(76)15(3)47(84)59(27)96)28-12-4-8-20(36(73)32(12)69)52(89)64(101)56(93)24(8)44(81)40(77)16(4)48(85)60(28)97;8-6(9)11-7(10)4-2-1-3-5-7/h;1-4,6,11H,5H2/q-1;/p+1. The quantitative estimate of drug-likeness (QED) is 0.0562. The molecule has 1 aliphatic rings. The van der Waals surface area contributed by atoms with E-state index < -0.39 is 379 Å². The molecule has 41 heteroatoms. The Morgan fingerprint density at radius 3 is 0.491 bits per heavy atom. The molecule has 112 heavy (non-hydrogen) atoms. The third kappa shape index (κ3) is 8.51. The third-order valence-electron chi connectivity index (χ3n) is 20.2. The van der Waals surface area contributed by atoms with Gasteiger partial charge in [-0.2, -0.15) is 13.2 Å². The van der Waals surface area contributed by atoms with E-state index in [-0.39, 0.29) is 6.42 Å². The molecule has 17 rings (SSSR count). The van der Waals surface area contributed by atoms with Gasteiger partial charge in [-0.25, -0.2) is 158 Å². The van der Waals surface area contributed by atoms with Crippen molar-refractivity contribution >= 4 is 157 Å². The van der Waals surface area contributed by atoms with E-state index in [9.17, 15) is 13.2 Å². The van der Waals surface area contributed by atoms with E-state index in [0.717, 1.165) is 6.08 Å². The van der Waals surface area contributed by atoms with Crippen LogP contribution in [0.3, 0.4) is 0 Å². The fourth-order valence-electron chi connectivity index (χ4n) is 16.0. The van der Waals surface area contributed by atoms with Crippen LogP contribution in [0.15, 0.2) is 24.3 Å². The lowest BCUT2D eigenvalue weighted by Crippen LogP contribution is -2.97. The van der Waals surface area contributed by atoms with Crippen molar-refractivity contribution in [3.8, 4) is 0 Å². The molecule has 0 aliphatic heterocycles. The lowest BCUT2D eigenvalue weighted by molar-refractivity contribution is -0.807. The molecular weight excluding hydrogens is 1620 g/mol. The zero-order valence-electron chi connectivity index (χ0n) is 52.0. The first-order valence-electron chi connectivity index (χ1n) is 30.3. The summed E-state index contributed by atoms with van der Waals surface area (Å²) in [5, 5.41) is -70.9. The van der Waals surface area contributed by atoms with Crippen LogP contribution in [0, 0.1) is 209 Å². The van der Waals surface area contributed by atoms with E-state index >= 15 is 158 Å². The molecular formula is C71H9BF39N. The smallest absolute Gasteiger partial charge is 0.253 e. The summed E-state index contributed by atoms with van der Waals surface area (Å²) in [7, 11) is 0. The van der Waals surface area contributed by atoms with E-state index in [0.29, 0.717) is 5.32 Å². The molecule has 0 radical (unpaired) electrons. The monoisotopic (exact) mass is 1630 g/mol. The number of alkyl halides is 3. The highest BCUT2D eigenvalue weighted by atomic mass is 19.3. The van der Waals surface area contributed by atoms with E-state index in [4.69, 9.17) is 0 Å². The number of nitrogens with two attached hydrogens (primary N) is 1. The summed E-state index contributed by atoms with van der Waals surface area (Å²) in [6.45, 7) is -2.70. The van der Waals surface area contributed by atoms with Crippen LogP contribution in [-0.2, 0) is 0 Å². The molecule has 1 atom stereocenters. The first-order valence-corrected chi connectivity index (χ1v) is 30.3. The maximum absolute atomic E-state index is 19.3. The minimum absolute atomic E-state index is 0.00778. The normalized spacial score (nSPS) is 14.6. The molecule has 0 bridgehead atoms. The molecule has 1 aliphatic carbocycles. The predicted octanol–water partition coefficient (Wildman–Crippen LogP) is 20.6. The first-order chi connectivity index (χ1) is 52.4. The van der Waals surface area contributed by atoms with Crippen LogP contribution in [0.25, 0.3) is 129 Å². The predicted molar refractivity (Wildman–Crippen MR) is 318 cm³/mol. The highest BCUT2D eigenvalue weighted by molar-refractivity contribution is 7.23. The van der Waals surface area contributed by atoms with Gasteiger partial charge in [0, 0.05) is 49.2 Å². The maximum atomic E-state index is 19.3. The van der Waals surface area contributed by atoms with Gasteiger partial charge >= 0.3 is 6.55 Å². The van der Waals surface area contributed by atoms with Gasteiger partial charge in [0.2, 0.25) is 0 Å². The van der Waals surface area contributed by atoms with Gasteiger partial charge in [-0.05, 0) is 21.5 Å². The summed E-state index contributed by atoms with van der Waals surface area (Å²) in [6.07, 6.45) is -2.76. The largest absolute Gasteiger partial charge is 0.380 e. The summed E-state index contributed by atoms with van der Waals surface area (Å²) in [5.41, 5.74) is -15.9. The fraction of sp³-hybridized carbons (Fsp3) is 0.0423. The lowest BCUT2D eigenvalue weighted by Gasteiger charge is -2.48. The number of hydrogen-bond acceptors (Lipinski definition) is 0. The SMILES string of the molecule is FC(F)[NH2+]C1(F)C=CC=CC1.Fc1c(F)c2c(F)c(F)c3c(F)c(F)c([B-](c4c(F)c(F)c5c(F)c(F)c6c(F)c(F)c(F)c7c(F)c(F)c4c5c67)(c4c(F)c(F)c5c(F)c(F)c6c(F)c(F)c(F)c7c(F)c(F)c4c5c67)c4c(F)c(F)c5c(F)c(F)c6c(F)c(F)c(F)c7c(F)c(F)c4c5c67)c4c(F)c(F)c(c1F)c2c34.